The Kier molecular flexibility index (Phi) is 4.42. The Morgan fingerprint density at radius 3 is 2.65 bits per heavy atom. The third kappa shape index (κ3) is 3.41. The first-order valence-electron chi connectivity index (χ1n) is 6.92. The molecule has 2 N–H and O–H groups in total. The highest BCUT2D eigenvalue weighted by Crippen LogP contribution is 2.21. The van der Waals surface area contributed by atoms with Crippen molar-refractivity contribution in [3.63, 3.8) is 0 Å². The van der Waals surface area contributed by atoms with E-state index in [1.54, 1.807) is 0 Å². The van der Waals surface area contributed by atoms with E-state index in [1.165, 1.54) is 19.5 Å². The molecule has 0 spiro atoms. The van der Waals surface area contributed by atoms with Gasteiger partial charge in [-0.2, -0.15) is 0 Å². The minimum atomic E-state index is -0.00749. The van der Waals surface area contributed by atoms with E-state index in [9.17, 15) is 0 Å². The zero-order chi connectivity index (χ0) is 12.3. The second-order valence-corrected chi connectivity index (χ2v) is 5.75. The minimum absolute atomic E-state index is 0.00749. The van der Waals surface area contributed by atoms with Crippen LogP contribution in [0.4, 0.5) is 0 Å². The van der Waals surface area contributed by atoms with Crippen LogP contribution in [-0.4, -0.2) is 67.8 Å². The summed E-state index contributed by atoms with van der Waals surface area (Å²) in [7, 11) is 2.23. The molecule has 1 atom stereocenters. The predicted molar refractivity (Wildman–Crippen MR) is 70.1 cm³/mol. The van der Waals surface area contributed by atoms with Gasteiger partial charge in [-0.3, -0.25) is 4.90 Å². The molecule has 0 aromatic rings. The van der Waals surface area contributed by atoms with Gasteiger partial charge in [0.05, 0.1) is 0 Å². The summed E-state index contributed by atoms with van der Waals surface area (Å²) in [5.41, 5.74) is 6.47. The molecule has 2 aliphatic heterocycles. The maximum Gasteiger partial charge on any atom is 0.0484 e. The lowest BCUT2D eigenvalue weighted by Crippen LogP contribution is -2.59. The average molecular weight is 241 g/mol. The minimum Gasteiger partial charge on any atom is -0.381 e. The molecule has 0 bridgehead atoms. The van der Waals surface area contributed by atoms with Crippen molar-refractivity contribution in [2.75, 3.05) is 46.4 Å². The van der Waals surface area contributed by atoms with E-state index < -0.39 is 0 Å². The number of rotatable bonds is 3. The molecule has 2 heterocycles. The summed E-state index contributed by atoms with van der Waals surface area (Å²) >= 11 is 0. The van der Waals surface area contributed by atoms with Crippen molar-refractivity contribution in [1.29, 1.82) is 0 Å². The van der Waals surface area contributed by atoms with Gasteiger partial charge < -0.3 is 15.4 Å². The van der Waals surface area contributed by atoms with Gasteiger partial charge >= 0.3 is 0 Å². The Balaban J connectivity index is 1.86. The second kappa shape index (κ2) is 5.65. The molecule has 1 unspecified atom stereocenters. The molecule has 2 rings (SSSR count). The van der Waals surface area contributed by atoms with Crippen molar-refractivity contribution < 1.29 is 4.74 Å². The maximum absolute atomic E-state index is 6.48. The molecule has 0 aromatic heterocycles. The fourth-order valence-corrected chi connectivity index (χ4v) is 2.98. The van der Waals surface area contributed by atoms with E-state index in [-0.39, 0.29) is 5.54 Å². The lowest BCUT2D eigenvalue weighted by atomic mass is 9.90. The summed E-state index contributed by atoms with van der Waals surface area (Å²) in [4.78, 5) is 5.03. The van der Waals surface area contributed by atoms with Gasteiger partial charge in [0.1, 0.15) is 0 Å². The summed E-state index contributed by atoms with van der Waals surface area (Å²) in [6.07, 6.45) is 3.25. The van der Waals surface area contributed by atoms with Crippen molar-refractivity contribution in [2.45, 2.75) is 37.8 Å². The highest BCUT2D eigenvalue weighted by Gasteiger charge is 2.32. The fourth-order valence-electron chi connectivity index (χ4n) is 2.98. The van der Waals surface area contributed by atoms with E-state index in [4.69, 9.17) is 10.5 Å². The number of nitrogens with zero attached hydrogens (tertiary/aromatic N) is 2. The fraction of sp³-hybridized carbons (Fsp3) is 1.00. The number of hydrogen-bond donors (Lipinski definition) is 1. The SMILES string of the molecule is CCC1CN(CC2(N)CCOCC2)CCN1C. The molecule has 100 valence electrons. The first-order chi connectivity index (χ1) is 8.13. The highest BCUT2D eigenvalue weighted by atomic mass is 16.5. The number of hydrogen-bond acceptors (Lipinski definition) is 4. The van der Waals surface area contributed by atoms with Crippen LogP contribution in [0.15, 0.2) is 0 Å². The molecule has 4 nitrogen and oxygen atoms in total. The predicted octanol–water partition coefficient (Wildman–Crippen LogP) is 0.520. The van der Waals surface area contributed by atoms with Gasteiger partial charge in [-0.15, -0.1) is 0 Å². The van der Waals surface area contributed by atoms with Crippen molar-refractivity contribution in [3.05, 3.63) is 0 Å². The maximum atomic E-state index is 6.48. The summed E-state index contributed by atoms with van der Waals surface area (Å²) in [6.45, 7) is 8.49. The molecule has 0 amide bonds. The van der Waals surface area contributed by atoms with Crippen molar-refractivity contribution in [2.24, 2.45) is 5.73 Å². The van der Waals surface area contributed by atoms with Crippen molar-refractivity contribution >= 4 is 0 Å². The largest absolute Gasteiger partial charge is 0.381 e. The molecule has 4 heteroatoms. The Morgan fingerprint density at radius 1 is 1.29 bits per heavy atom. The zero-order valence-electron chi connectivity index (χ0n) is 11.3. The summed E-state index contributed by atoms with van der Waals surface area (Å²) < 4.78 is 5.41. The number of ether oxygens (including phenoxy) is 1. The Bertz CT molecular complexity index is 241. The van der Waals surface area contributed by atoms with E-state index >= 15 is 0 Å². The van der Waals surface area contributed by atoms with Crippen LogP contribution in [0.1, 0.15) is 26.2 Å². The highest BCUT2D eigenvalue weighted by molar-refractivity contribution is 4.92. The molecule has 17 heavy (non-hydrogen) atoms. The molecule has 0 radical (unpaired) electrons. The molecule has 2 fully saturated rings. The molecule has 0 aliphatic carbocycles. The number of nitrogens with two attached hydrogens (primary N) is 1. The first-order valence-corrected chi connectivity index (χ1v) is 6.92. The van der Waals surface area contributed by atoms with Crippen LogP contribution in [-0.2, 0) is 4.74 Å². The lowest BCUT2D eigenvalue weighted by Gasteiger charge is -2.44. The Morgan fingerprint density at radius 2 is 2.00 bits per heavy atom. The van der Waals surface area contributed by atoms with Crippen LogP contribution < -0.4 is 5.73 Å². The van der Waals surface area contributed by atoms with Crippen LogP contribution in [0, 0.1) is 0 Å². The topological polar surface area (TPSA) is 41.7 Å². The molecular weight excluding hydrogens is 214 g/mol. The van der Waals surface area contributed by atoms with Gasteiger partial charge in [-0.1, -0.05) is 6.92 Å². The zero-order valence-corrected chi connectivity index (χ0v) is 11.3. The lowest BCUT2D eigenvalue weighted by molar-refractivity contribution is 0.0200. The van der Waals surface area contributed by atoms with Gasteiger partial charge in [0.25, 0.3) is 0 Å². The van der Waals surface area contributed by atoms with E-state index in [1.807, 2.05) is 0 Å². The van der Waals surface area contributed by atoms with Crippen LogP contribution in [0.5, 0.6) is 0 Å². The standard InChI is InChI=1S/C13H27N3O/c1-3-12-10-16(7-6-15(12)2)11-13(14)4-8-17-9-5-13/h12H,3-11,14H2,1-2H3. The average Bonchev–Trinajstić information content (AvgIpc) is 2.32. The third-order valence-corrected chi connectivity index (χ3v) is 4.36. The molecule has 2 aliphatic rings. The summed E-state index contributed by atoms with van der Waals surface area (Å²) in [6, 6.07) is 0.701. The quantitative estimate of drug-likeness (QED) is 0.782. The Hall–Kier alpha value is -0.160. The second-order valence-electron chi connectivity index (χ2n) is 5.75. The smallest absolute Gasteiger partial charge is 0.0484 e. The molecule has 0 saturated carbocycles. The van der Waals surface area contributed by atoms with Gasteiger partial charge in [0.15, 0.2) is 0 Å². The van der Waals surface area contributed by atoms with Gasteiger partial charge in [0.2, 0.25) is 0 Å². The summed E-state index contributed by atoms with van der Waals surface area (Å²) in [5, 5.41) is 0. The van der Waals surface area contributed by atoms with Crippen molar-refractivity contribution in [1.82, 2.24) is 9.80 Å². The van der Waals surface area contributed by atoms with Gasteiger partial charge in [0, 0.05) is 51.0 Å². The monoisotopic (exact) mass is 241 g/mol. The Labute approximate surface area is 105 Å². The van der Waals surface area contributed by atoms with Crippen LogP contribution in [0.2, 0.25) is 0 Å². The number of piperazine rings is 1. The normalized spacial score (nSPS) is 31.6. The van der Waals surface area contributed by atoms with E-state index in [0.29, 0.717) is 6.04 Å². The summed E-state index contributed by atoms with van der Waals surface area (Å²) in [5.74, 6) is 0. The molecule has 0 aromatic carbocycles. The first kappa shape index (κ1) is 13.3. The van der Waals surface area contributed by atoms with Crippen LogP contribution >= 0.6 is 0 Å². The van der Waals surface area contributed by atoms with E-state index in [0.717, 1.165) is 39.1 Å². The molecular formula is C13H27N3O. The van der Waals surface area contributed by atoms with E-state index in [2.05, 4.69) is 23.8 Å². The molecule has 2 saturated heterocycles. The van der Waals surface area contributed by atoms with Crippen molar-refractivity contribution in [3.8, 4) is 0 Å². The third-order valence-electron chi connectivity index (χ3n) is 4.36. The number of likely N-dealkylation sites (N-methyl/N-ethyl adjacent to an activating group) is 1. The van der Waals surface area contributed by atoms with Gasteiger partial charge in [-0.25, -0.2) is 0 Å². The van der Waals surface area contributed by atoms with Gasteiger partial charge in [-0.05, 0) is 26.3 Å². The van der Waals surface area contributed by atoms with Crippen LogP contribution in [0.3, 0.4) is 0 Å². The van der Waals surface area contributed by atoms with Crippen LogP contribution in [0.25, 0.3) is 0 Å².